The van der Waals surface area contributed by atoms with Gasteiger partial charge in [0, 0.05) is 13.0 Å². The molecule has 1 aromatic rings. The number of hydrogen-bond donors (Lipinski definition) is 5. The third kappa shape index (κ3) is 8.54. The summed E-state index contributed by atoms with van der Waals surface area (Å²) in [4.78, 5) is 59.6. The summed E-state index contributed by atoms with van der Waals surface area (Å²) in [6.45, 7) is 2.48. The minimum atomic E-state index is -2.06. The highest BCUT2D eigenvalue weighted by molar-refractivity contribution is 5.96. The first kappa shape index (κ1) is 28.6. The highest BCUT2D eigenvalue weighted by Gasteiger charge is 2.37. The lowest BCUT2D eigenvalue weighted by Crippen LogP contribution is -2.51. The van der Waals surface area contributed by atoms with Crippen LogP contribution < -0.4 is 15.4 Å². The summed E-state index contributed by atoms with van der Waals surface area (Å²) in [6, 6.07) is 4.90. The van der Waals surface area contributed by atoms with Crippen molar-refractivity contribution < 1.29 is 44.0 Å². The zero-order valence-electron chi connectivity index (χ0n) is 20.3. The van der Waals surface area contributed by atoms with Crippen molar-refractivity contribution in [2.45, 2.75) is 70.4 Å². The van der Waals surface area contributed by atoms with Gasteiger partial charge in [0.1, 0.15) is 11.8 Å². The molecular weight excluding hydrogens is 472 g/mol. The third-order valence-corrected chi connectivity index (χ3v) is 6.20. The van der Waals surface area contributed by atoms with E-state index in [-0.39, 0.29) is 18.1 Å². The van der Waals surface area contributed by atoms with Gasteiger partial charge in [-0.05, 0) is 37.0 Å². The molecule has 11 nitrogen and oxygen atoms in total. The van der Waals surface area contributed by atoms with Gasteiger partial charge in [-0.1, -0.05) is 44.7 Å². The molecule has 1 aromatic carbocycles. The first-order chi connectivity index (χ1) is 17.1. The minimum Gasteiger partial charge on any atom is -0.481 e. The predicted octanol–water partition coefficient (Wildman–Crippen LogP) is 1.83. The summed E-state index contributed by atoms with van der Waals surface area (Å²) in [6.07, 6.45) is 3.07. The Morgan fingerprint density at radius 1 is 0.944 bits per heavy atom. The molecule has 5 N–H and O–H groups in total. The number of carbonyl (C=O) groups excluding carboxylic acids is 2. The number of carbonyl (C=O) groups is 5. The zero-order chi connectivity index (χ0) is 26.7. The number of aliphatic carboxylic acids is 3. The van der Waals surface area contributed by atoms with Crippen molar-refractivity contribution in [1.29, 1.82) is 0 Å². The van der Waals surface area contributed by atoms with Crippen LogP contribution in [0.1, 0.15) is 57.4 Å². The van der Waals surface area contributed by atoms with Crippen LogP contribution in [0.4, 0.5) is 0 Å². The molecule has 0 saturated heterocycles. The van der Waals surface area contributed by atoms with E-state index in [2.05, 4.69) is 10.6 Å². The second-order valence-electron chi connectivity index (χ2n) is 8.92. The Kier molecular flexibility index (Phi) is 11.2. The van der Waals surface area contributed by atoms with Crippen LogP contribution in [-0.2, 0) is 30.4 Å². The molecule has 2 amide bonds. The molecule has 0 unspecified atom stereocenters. The summed E-state index contributed by atoms with van der Waals surface area (Å²) < 4.78 is 5.00. The van der Waals surface area contributed by atoms with Crippen molar-refractivity contribution in [3.05, 3.63) is 29.8 Å². The summed E-state index contributed by atoms with van der Waals surface area (Å²) in [5, 5.41) is 33.0. The summed E-state index contributed by atoms with van der Waals surface area (Å²) in [5.41, 5.74) is 0.608. The fourth-order valence-corrected chi connectivity index (χ4v) is 4.22. The molecule has 1 saturated carbocycles. The number of rotatable bonds is 14. The molecule has 2 rings (SSSR count). The maximum absolute atomic E-state index is 13.0. The van der Waals surface area contributed by atoms with Crippen molar-refractivity contribution >= 4 is 29.7 Å². The van der Waals surface area contributed by atoms with E-state index in [1.807, 2.05) is 6.92 Å². The largest absolute Gasteiger partial charge is 0.481 e. The smallest absolute Gasteiger partial charge is 0.356 e. The van der Waals surface area contributed by atoms with E-state index in [9.17, 15) is 29.1 Å². The Bertz CT molecular complexity index is 918. The number of carboxylic acid groups (broad SMARTS) is 3. The van der Waals surface area contributed by atoms with E-state index in [0.717, 1.165) is 32.1 Å². The molecule has 0 aliphatic heterocycles. The van der Waals surface area contributed by atoms with Crippen molar-refractivity contribution in [3.63, 3.8) is 0 Å². The van der Waals surface area contributed by atoms with Crippen LogP contribution >= 0.6 is 0 Å². The second kappa shape index (κ2) is 14.1. The molecule has 1 aliphatic rings. The van der Waals surface area contributed by atoms with Crippen LogP contribution in [0.2, 0.25) is 0 Å². The summed E-state index contributed by atoms with van der Waals surface area (Å²) in [5.74, 6) is -6.66. The molecule has 3 atom stereocenters. The summed E-state index contributed by atoms with van der Waals surface area (Å²) >= 11 is 0. The molecule has 0 spiro atoms. The van der Waals surface area contributed by atoms with Gasteiger partial charge in [0.25, 0.3) is 6.10 Å². The molecule has 0 bridgehead atoms. The number of nitrogens with one attached hydrogen (secondary N) is 2. The van der Waals surface area contributed by atoms with Gasteiger partial charge in [-0.2, -0.15) is 0 Å². The van der Waals surface area contributed by atoms with Gasteiger partial charge >= 0.3 is 17.9 Å². The van der Waals surface area contributed by atoms with Crippen LogP contribution in [0.25, 0.3) is 0 Å². The molecule has 36 heavy (non-hydrogen) atoms. The number of ether oxygens (including phenoxy) is 1. The van der Waals surface area contributed by atoms with Crippen LogP contribution in [0, 0.1) is 11.8 Å². The minimum absolute atomic E-state index is 0.0182. The molecule has 1 fully saturated rings. The fourth-order valence-electron chi connectivity index (χ4n) is 4.22. The first-order valence-electron chi connectivity index (χ1n) is 12.2. The Balaban J connectivity index is 2.14. The van der Waals surface area contributed by atoms with E-state index >= 15 is 0 Å². The zero-order valence-corrected chi connectivity index (χ0v) is 20.3. The van der Waals surface area contributed by atoms with E-state index in [1.165, 1.54) is 12.1 Å². The van der Waals surface area contributed by atoms with Gasteiger partial charge in [0.2, 0.25) is 11.8 Å². The quantitative estimate of drug-likeness (QED) is 0.186. The molecular formula is C25H34N2O9. The van der Waals surface area contributed by atoms with E-state index in [0.29, 0.717) is 24.9 Å². The van der Waals surface area contributed by atoms with Gasteiger partial charge in [0.15, 0.2) is 0 Å². The average Bonchev–Trinajstić information content (AvgIpc) is 2.85. The van der Waals surface area contributed by atoms with Gasteiger partial charge in [-0.3, -0.25) is 14.4 Å². The van der Waals surface area contributed by atoms with Gasteiger partial charge in [-0.25, -0.2) is 9.59 Å². The molecule has 11 heteroatoms. The number of amides is 2. The van der Waals surface area contributed by atoms with Crippen LogP contribution in [-0.4, -0.2) is 63.7 Å². The summed E-state index contributed by atoms with van der Waals surface area (Å²) in [7, 11) is 0. The average molecular weight is 507 g/mol. The van der Waals surface area contributed by atoms with Crippen molar-refractivity contribution in [3.8, 4) is 5.75 Å². The number of hydrogen-bond acceptors (Lipinski definition) is 6. The lowest BCUT2D eigenvalue weighted by atomic mass is 9.78. The second-order valence-corrected chi connectivity index (χ2v) is 8.92. The Labute approximate surface area is 209 Å². The lowest BCUT2D eigenvalue weighted by molar-refractivity contribution is -0.159. The molecule has 1 aliphatic carbocycles. The normalized spacial score (nSPS) is 18.2. The van der Waals surface area contributed by atoms with E-state index in [4.69, 9.17) is 14.9 Å². The molecule has 0 heterocycles. The van der Waals surface area contributed by atoms with Gasteiger partial charge in [-0.15, -0.1) is 0 Å². The van der Waals surface area contributed by atoms with Crippen molar-refractivity contribution in [1.82, 2.24) is 10.6 Å². The highest BCUT2D eigenvalue weighted by Crippen LogP contribution is 2.30. The van der Waals surface area contributed by atoms with Gasteiger partial charge < -0.3 is 30.7 Å². The monoisotopic (exact) mass is 506 g/mol. The van der Waals surface area contributed by atoms with Gasteiger partial charge in [0.05, 0.1) is 11.8 Å². The number of benzene rings is 1. The Hall–Kier alpha value is -3.63. The number of carboxylic acids is 3. The van der Waals surface area contributed by atoms with Crippen molar-refractivity contribution in [2.75, 3.05) is 6.54 Å². The van der Waals surface area contributed by atoms with Crippen LogP contribution in [0.15, 0.2) is 24.3 Å². The van der Waals surface area contributed by atoms with Crippen LogP contribution in [0.5, 0.6) is 5.75 Å². The SMILES string of the molecule is CCCCCNC(=O)[C@H](Cc1ccc(OC(C(=O)O)C(=O)O)cc1)NC(=O)[C@@H]1CCCC[C@H]1C(=O)O. The van der Waals surface area contributed by atoms with Crippen molar-refractivity contribution in [2.24, 2.45) is 11.8 Å². The molecule has 0 radical (unpaired) electrons. The number of unbranched alkanes of at least 4 members (excludes halogenated alkanes) is 2. The third-order valence-electron chi connectivity index (χ3n) is 6.20. The maximum atomic E-state index is 13.0. The molecule has 0 aromatic heterocycles. The lowest BCUT2D eigenvalue weighted by Gasteiger charge is -2.29. The Morgan fingerprint density at radius 3 is 2.11 bits per heavy atom. The topological polar surface area (TPSA) is 179 Å². The highest BCUT2D eigenvalue weighted by atomic mass is 16.5. The van der Waals surface area contributed by atoms with E-state index in [1.54, 1.807) is 12.1 Å². The maximum Gasteiger partial charge on any atom is 0.356 e. The molecule has 198 valence electrons. The van der Waals surface area contributed by atoms with Crippen LogP contribution in [0.3, 0.4) is 0 Å². The fraction of sp³-hybridized carbons (Fsp3) is 0.560. The first-order valence-corrected chi connectivity index (χ1v) is 12.2. The Morgan fingerprint density at radius 2 is 1.56 bits per heavy atom. The predicted molar refractivity (Wildman–Crippen MR) is 127 cm³/mol. The van der Waals surface area contributed by atoms with E-state index < -0.39 is 47.8 Å². The standard InChI is InChI=1S/C25H34N2O9/c1-2-3-6-13-26-22(29)19(27-21(28)17-7-4-5-8-18(17)23(30)31)14-15-9-11-16(12-10-15)36-20(24(32)33)25(34)35/h9-12,17-20H,2-8,13-14H2,1H3,(H,26,29)(H,27,28)(H,30,31)(H,32,33)(H,34,35)/t17-,18-,19+/m1/s1.